The van der Waals surface area contributed by atoms with Gasteiger partial charge in [-0.1, -0.05) is 23.2 Å². The van der Waals surface area contributed by atoms with E-state index in [4.69, 9.17) is 27.4 Å². The van der Waals surface area contributed by atoms with Crippen molar-refractivity contribution in [3.8, 4) is 11.3 Å². The van der Waals surface area contributed by atoms with E-state index < -0.39 is 10.1 Å². The first-order valence-corrected chi connectivity index (χ1v) is 9.01. The van der Waals surface area contributed by atoms with Crippen LogP contribution in [0.2, 0.25) is 10.0 Å². The topological polar surface area (TPSA) is 56.3 Å². The maximum absolute atomic E-state index is 11.2. The van der Waals surface area contributed by atoms with E-state index in [2.05, 4.69) is 4.98 Å². The molecule has 7 heteroatoms. The van der Waals surface area contributed by atoms with E-state index in [-0.39, 0.29) is 6.61 Å². The molecule has 0 amide bonds. The highest BCUT2D eigenvalue weighted by atomic mass is 35.5. The van der Waals surface area contributed by atoms with Gasteiger partial charge < -0.3 is 0 Å². The fraction of sp³-hybridized carbons (Fsp3) is 0.267. The first-order valence-electron chi connectivity index (χ1n) is 6.44. The quantitative estimate of drug-likeness (QED) is 0.769. The average molecular weight is 360 g/mol. The Balaban J connectivity index is 2.47. The minimum absolute atomic E-state index is 0.0324. The number of nitrogens with zero attached hydrogens (tertiary/aromatic N) is 1. The lowest BCUT2D eigenvalue weighted by molar-refractivity contribution is 0.311. The van der Waals surface area contributed by atoms with Crippen molar-refractivity contribution in [2.75, 3.05) is 6.26 Å². The molecular formula is C15H15Cl2NO3S. The maximum atomic E-state index is 11.2. The number of aromatic nitrogens is 1. The molecule has 0 spiro atoms. The first-order chi connectivity index (χ1) is 10.2. The smallest absolute Gasteiger partial charge is 0.264 e. The number of pyridine rings is 1. The van der Waals surface area contributed by atoms with Gasteiger partial charge in [-0.05, 0) is 49.2 Å². The third-order valence-corrected chi connectivity index (χ3v) is 4.19. The third-order valence-electron chi connectivity index (χ3n) is 3.21. The van der Waals surface area contributed by atoms with E-state index in [9.17, 15) is 8.42 Å². The Hall–Kier alpha value is -1.14. The van der Waals surface area contributed by atoms with Crippen LogP contribution in [0.3, 0.4) is 0 Å². The summed E-state index contributed by atoms with van der Waals surface area (Å²) in [6.07, 6.45) is 1.02. The van der Waals surface area contributed by atoms with Gasteiger partial charge in [0.2, 0.25) is 0 Å². The predicted molar refractivity (Wildman–Crippen MR) is 88.8 cm³/mol. The molecule has 0 aliphatic carbocycles. The molecule has 22 heavy (non-hydrogen) atoms. The Morgan fingerprint density at radius 1 is 1.09 bits per heavy atom. The molecule has 0 fully saturated rings. The van der Waals surface area contributed by atoms with Gasteiger partial charge in [0.1, 0.15) is 0 Å². The summed E-state index contributed by atoms with van der Waals surface area (Å²) in [5, 5.41) is 1.02. The SMILES string of the molecule is Cc1nc(-c2cc(Cl)cc(Cl)c2)cc(COS(C)(=O)=O)c1C. The number of rotatable bonds is 4. The van der Waals surface area contributed by atoms with Crippen LogP contribution in [-0.2, 0) is 20.9 Å². The molecule has 2 aromatic rings. The van der Waals surface area contributed by atoms with Crippen LogP contribution in [0.15, 0.2) is 24.3 Å². The van der Waals surface area contributed by atoms with Crippen LogP contribution in [-0.4, -0.2) is 19.7 Å². The lowest BCUT2D eigenvalue weighted by atomic mass is 10.0. The Labute approximate surface area is 140 Å². The summed E-state index contributed by atoms with van der Waals surface area (Å²) in [6, 6.07) is 6.94. The molecule has 0 radical (unpaired) electrons. The molecule has 0 saturated carbocycles. The summed E-state index contributed by atoms with van der Waals surface area (Å²) >= 11 is 12.0. The van der Waals surface area contributed by atoms with Gasteiger partial charge in [0.25, 0.3) is 10.1 Å². The van der Waals surface area contributed by atoms with Crippen LogP contribution in [0, 0.1) is 13.8 Å². The van der Waals surface area contributed by atoms with Crippen molar-refractivity contribution in [2.45, 2.75) is 20.5 Å². The zero-order valence-corrected chi connectivity index (χ0v) is 14.7. The summed E-state index contributed by atoms with van der Waals surface area (Å²) in [7, 11) is -3.51. The van der Waals surface area contributed by atoms with Crippen molar-refractivity contribution in [3.05, 3.63) is 51.1 Å². The maximum Gasteiger partial charge on any atom is 0.264 e. The predicted octanol–water partition coefficient (Wildman–Crippen LogP) is 4.15. The molecule has 0 unspecified atom stereocenters. The summed E-state index contributed by atoms with van der Waals surface area (Å²) < 4.78 is 27.2. The van der Waals surface area contributed by atoms with Crippen LogP contribution < -0.4 is 0 Å². The van der Waals surface area contributed by atoms with E-state index in [1.165, 1.54) is 0 Å². The van der Waals surface area contributed by atoms with Crippen molar-refractivity contribution in [3.63, 3.8) is 0 Å². The molecule has 4 nitrogen and oxygen atoms in total. The van der Waals surface area contributed by atoms with Crippen molar-refractivity contribution in [2.24, 2.45) is 0 Å². The third kappa shape index (κ3) is 4.43. The lowest BCUT2D eigenvalue weighted by Gasteiger charge is -2.12. The normalized spacial score (nSPS) is 11.7. The highest BCUT2D eigenvalue weighted by Crippen LogP contribution is 2.28. The fourth-order valence-electron chi connectivity index (χ4n) is 1.97. The Kier molecular flexibility index (Phi) is 5.12. The number of benzene rings is 1. The zero-order chi connectivity index (χ0) is 16.5. The Bertz CT molecular complexity index is 800. The summed E-state index contributed by atoms with van der Waals surface area (Å²) in [5.74, 6) is 0. The molecule has 0 aliphatic rings. The van der Waals surface area contributed by atoms with Crippen LogP contribution in [0.25, 0.3) is 11.3 Å². The molecule has 1 aromatic heterocycles. The van der Waals surface area contributed by atoms with E-state index in [1.807, 2.05) is 13.8 Å². The lowest BCUT2D eigenvalue weighted by Crippen LogP contribution is -2.05. The van der Waals surface area contributed by atoms with Crippen LogP contribution in [0.4, 0.5) is 0 Å². The van der Waals surface area contributed by atoms with E-state index >= 15 is 0 Å². The molecule has 118 valence electrons. The minimum Gasteiger partial charge on any atom is -0.265 e. The van der Waals surface area contributed by atoms with Gasteiger partial charge in [0.05, 0.1) is 18.6 Å². The van der Waals surface area contributed by atoms with Crippen molar-refractivity contribution < 1.29 is 12.6 Å². The van der Waals surface area contributed by atoms with Gasteiger partial charge in [-0.2, -0.15) is 8.42 Å². The van der Waals surface area contributed by atoms with Crippen LogP contribution >= 0.6 is 23.2 Å². The van der Waals surface area contributed by atoms with Gasteiger partial charge in [0.15, 0.2) is 0 Å². The average Bonchev–Trinajstić information content (AvgIpc) is 2.38. The molecule has 0 atom stereocenters. The highest BCUT2D eigenvalue weighted by molar-refractivity contribution is 7.85. The van der Waals surface area contributed by atoms with Gasteiger partial charge >= 0.3 is 0 Å². The zero-order valence-electron chi connectivity index (χ0n) is 12.4. The van der Waals surface area contributed by atoms with Crippen LogP contribution in [0.1, 0.15) is 16.8 Å². The monoisotopic (exact) mass is 359 g/mol. The molecule has 0 bridgehead atoms. The number of halogens is 2. The van der Waals surface area contributed by atoms with E-state index in [1.54, 1.807) is 24.3 Å². The van der Waals surface area contributed by atoms with E-state index in [0.29, 0.717) is 15.7 Å². The summed E-state index contributed by atoms with van der Waals surface area (Å²) in [4.78, 5) is 4.51. The van der Waals surface area contributed by atoms with Gasteiger partial charge in [-0.3, -0.25) is 9.17 Å². The van der Waals surface area contributed by atoms with E-state index in [0.717, 1.165) is 28.6 Å². The molecule has 0 N–H and O–H groups in total. The van der Waals surface area contributed by atoms with Gasteiger partial charge in [-0.25, -0.2) is 0 Å². The molecule has 0 saturated heterocycles. The molecule has 1 aromatic carbocycles. The molecule has 0 aliphatic heterocycles. The van der Waals surface area contributed by atoms with Crippen LogP contribution in [0.5, 0.6) is 0 Å². The van der Waals surface area contributed by atoms with Crippen molar-refractivity contribution >= 4 is 33.3 Å². The standard InChI is InChI=1S/C15H15Cl2NO3S/c1-9-10(2)18-15(6-12(9)8-21-22(3,19)20)11-4-13(16)7-14(17)5-11/h4-7H,8H2,1-3H3. The number of aryl methyl sites for hydroxylation is 1. The second kappa shape index (κ2) is 6.54. The minimum atomic E-state index is -3.51. The Morgan fingerprint density at radius 2 is 1.68 bits per heavy atom. The molecule has 1 heterocycles. The summed E-state index contributed by atoms with van der Waals surface area (Å²) in [5.41, 5.74) is 3.87. The fourth-order valence-corrected chi connectivity index (χ4v) is 2.84. The molecule has 2 rings (SSSR count). The number of hydrogen-bond acceptors (Lipinski definition) is 4. The largest absolute Gasteiger partial charge is 0.265 e. The summed E-state index contributed by atoms with van der Waals surface area (Å²) in [6.45, 7) is 3.70. The first kappa shape index (κ1) is 17.2. The van der Waals surface area contributed by atoms with Crippen molar-refractivity contribution in [1.82, 2.24) is 4.98 Å². The molecular weight excluding hydrogens is 345 g/mol. The Morgan fingerprint density at radius 3 is 2.23 bits per heavy atom. The second-order valence-corrected chi connectivity index (χ2v) is 7.52. The highest BCUT2D eigenvalue weighted by Gasteiger charge is 2.11. The van der Waals surface area contributed by atoms with Crippen molar-refractivity contribution in [1.29, 1.82) is 0 Å². The number of hydrogen-bond donors (Lipinski definition) is 0. The van der Waals surface area contributed by atoms with Gasteiger partial charge in [-0.15, -0.1) is 0 Å². The second-order valence-electron chi connectivity index (χ2n) is 5.00. The van der Waals surface area contributed by atoms with Gasteiger partial charge in [0, 0.05) is 21.3 Å².